The Balaban J connectivity index is 0.00000208. The Morgan fingerprint density at radius 3 is 2.67 bits per heavy atom. The lowest BCUT2D eigenvalue weighted by Crippen LogP contribution is -2.44. The van der Waals surface area contributed by atoms with Crippen molar-refractivity contribution >= 4 is 12.4 Å². The summed E-state index contributed by atoms with van der Waals surface area (Å²) >= 11 is 0. The molecule has 1 unspecified atom stereocenters. The Bertz CT molecular complexity index is 666. The average Bonchev–Trinajstić information content (AvgIpc) is 2.95. The molecule has 6 nitrogen and oxygen atoms in total. The minimum Gasteiger partial charge on any atom is -0.483 e. The van der Waals surface area contributed by atoms with Crippen molar-refractivity contribution in [2.75, 3.05) is 26.7 Å². The van der Waals surface area contributed by atoms with Crippen LogP contribution in [-0.2, 0) is 6.61 Å². The third-order valence-electron chi connectivity index (χ3n) is 4.24. The number of aromatic nitrogens is 2. The Kier molecular flexibility index (Phi) is 6.21. The number of likely N-dealkylation sites (N-methyl/N-ethyl adjacent to an activating group) is 1. The standard InChI is InChI=1S/C17H24N4O2.ClH/c1-11-7-12(2)16(13(3)8-11)22-10-15-19-17(20-23-15)14-9-18-5-6-21(14)4;/h7-8,14,18H,5-6,9-10H2,1-4H3;1H. The molecule has 0 spiro atoms. The molecular weight excluding hydrogens is 328 g/mol. The van der Waals surface area contributed by atoms with Gasteiger partial charge < -0.3 is 14.6 Å². The van der Waals surface area contributed by atoms with Crippen molar-refractivity contribution in [2.24, 2.45) is 0 Å². The maximum Gasteiger partial charge on any atom is 0.264 e. The number of aryl methyl sites for hydroxylation is 3. The quantitative estimate of drug-likeness (QED) is 0.912. The van der Waals surface area contributed by atoms with Gasteiger partial charge >= 0.3 is 0 Å². The van der Waals surface area contributed by atoms with Crippen molar-refractivity contribution in [3.63, 3.8) is 0 Å². The molecule has 0 radical (unpaired) electrons. The fraction of sp³-hybridized carbons (Fsp3) is 0.529. The summed E-state index contributed by atoms with van der Waals surface area (Å²) in [5.74, 6) is 2.13. The van der Waals surface area contributed by atoms with Crippen molar-refractivity contribution in [3.8, 4) is 5.75 Å². The number of nitrogens with one attached hydrogen (secondary N) is 1. The molecule has 2 heterocycles. The van der Waals surface area contributed by atoms with E-state index < -0.39 is 0 Å². The summed E-state index contributed by atoms with van der Waals surface area (Å²) in [7, 11) is 2.08. The van der Waals surface area contributed by atoms with Crippen molar-refractivity contribution in [1.29, 1.82) is 0 Å². The molecule has 1 aliphatic heterocycles. The summed E-state index contributed by atoms with van der Waals surface area (Å²) in [6.45, 7) is 9.30. The van der Waals surface area contributed by atoms with Gasteiger partial charge in [-0.3, -0.25) is 4.90 Å². The van der Waals surface area contributed by atoms with Gasteiger partial charge in [0.05, 0.1) is 6.04 Å². The van der Waals surface area contributed by atoms with E-state index in [1.165, 1.54) is 5.56 Å². The van der Waals surface area contributed by atoms with E-state index in [0.717, 1.165) is 42.3 Å². The van der Waals surface area contributed by atoms with Gasteiger partial charge in [0.15, 0.2) is 12.4 Å². The molecule has 24 heavy (non-hydrogen) atoms. The van der Waals surface area contributed by atoms with E-state index in [0.29, 0.717) is 12.5 Å². The summed E-state index contributed by atoms with van der Waals surface area (Å²) in [4.78, 5) is 6.73. The summed E-state index contributed by atoms with van der Waals surface area (Å²) in [6, 6.07) is 4.39. The molecule has 2 aromatic rings. The van der Waals surface area contributed by atoms with Crippen LogP contribution < -0.4 is 10.1 Å². The lowest BCUT2D eigenvalue weighted by Gasteiger charge is -2.30. The second kappa shape index (κ2) is 7.96. The first-order valence-electron chi connectivity index (χ1n) is 7.98. The number of piperazine rings is 1. The van der Waals surface area contributed by atoms with Crippen LogP contribution in [0.1, 0.15) is 34.4 Å². The zero-order chi connectivity index (χ0) is 16.4. The van der Waals surface area contributed by atoms with Crippen molar-refractivity contribution < 1.29 is 9.26 Å². The maximum absolute atomic E-state index is 5.91. The topological polar surface area (TPSA) is 63.4 Å². The smallest absolute Gasteiger partial charge is 0.264 e. The molecule has 0 bridgehead atoms. The second-order valence-corrected chi connectivity index (χ2v) is 6.26. The third kappa shape index (κ3) is 4.06. The van der Waals surface area contributed by atoms with Crippen LogP contribution in [0.2, 0.25) is 0 Å². The van der Waals surface area contributed by atoms with Crippen LogP contribution in [0.4, 0.5) is 0 Å². The summed E-state index contributed by atoms with van der Waals surface area (Å²) in [5, 5.41) is 7.47. The first-order valence-corrected chi connectivity index (χ1v) is 7.98. The second-order valence-electron chi connectivity index (χ2n) is 6.26. The maximum atomic E-state index is 5.91. The molecule has 1 fully saturated rings. The van der Waals surface area contributed by atoms with E-state index in [2.05, 4.69) is 60.3 Å². The van der Waals surface area contributed by atoms with Crippen LogP contribution in [0.5, 0.6) is 5.75 Å². The van der Waals surface area contributed by atoms with Gasteiger partial charge in [0.2, 0.25) is 0 Å². The van der Waals surface area contributed by atoms with E-state index in [1.807, 2.05) is 0 Å². The van der Waals surface area contributed by atoms with Crippen LogP contribution in [0, 0.1) is 20.8 Å². The molecule has 7 heteroatoms. The fourth-order valence-corrected chi connectivity index (χ4v) is 3.08. The first-order chi connectivity index (χ1) is 11.0. The molecule has 0 aliphatic carbocycles. The van der Waals surface area contributed by atoms with Crippen LogP contribution in [0.3, 0.4) is 0 Å². The molecule has 0 saturated carbocycles. The third-order valence-corrected chi connectivity index (χ3v) is 4.24. The van der Waals surface area contributed by atoms with E-state index in [1.54, 1.807) is 0 Å². The molecular formula is C17H25ClN4O2. The highest BCUT2D eigenvalue weighted by molar-refractivity contribution is 5.85. The van der Waals surface area contributed by atoms with Crippen LogP contribution in [0.15, 0.2) is 16.7 Å². The molecule has 0 amide bonds. The van der Waals surface area contributed by atoms with E-state index in [-0.39, 0.29) is 18.4 Å². The number of ether oxygens (including phenoxy) is 1. The summed E-state index contributed by atoms with van der Waals surface area (Å²) < 4.78 is 11.3. The number of nitrogens with zero attached hydrogens (tertiary/aromatic N) is 3. The minimum atomic E-state index is 0. The fourth-order valence-electron chi connectivity index (χ4n) is 3.08. The van der Waals surface area contributed by atoms with Gasteiger partial charge in [0.1, 0.15) is 5.75 Å². The molecule has 1 aromatic carbocycles. The normalized spacial score (nSPS) is 18.2. The molecule has 1 aliphatic rings. The predicted octanol–water partition coefficient (Wildman–Crippen LogP) is 2.57. The van der Waals surface area contributed by atoms with Crippen molar-refractivity contribution in [3.05, 3.63) is 40.5 Å². The lowest BCUT2D eigenvalue weighted by molar-refractivity contribution is 0.189. The van der Waals surface area contributed by atoms with E-state index in [9.17, 15) is 0 Å². The van der Waals surface area contributed by atoms with E-state index in [4.69, 9.17) is 9.26 Å². The van der Waals surface area contributed by atoms with Gasteiger partial charge in [0, 0.05) is 19.6 Å². The highest BCUT2D eigenvalue weighted by Gasteiger charge is 2.25. The number of rotatable bonds is 4. The van der Waals surface area contributed by atoms with Gasteiger partial charge in [-0.2, -0.15) is 4.98 Å². The highest BCUT2D eigenvalue weighted by atomic mass is 35.5. The number of hydrogen-bond donors (Lipinski definition) is 1. The van der Waals surface area contributed by atoms with Crippen LogP contribution >= 0.6 is 12.4 Å². The molecule has 1 atom stereocenters. The Morgan fingerprint density at radius 1 is 1.29 bits per heavy atom. The lowest BCUT2D eigenvalue weighted by atomic mass is 10.1. The van der Waals surface area contributed by atoms with Crippen LogP contribution in [0.25, 0.3) is 0 Å². The molecule has 1 saturated heterocycles. The number of halogens is 1. The monoisotopic (exact) mass is 352 g/mol. The summed E-state index contributed by atoms with van der Waals surface area (Å²) in [5.41, 5.74) is 3.48. The van der Waals surface area contributed by atoms with Crippen molar-refractivity contribution in [2.45, 2.75) is 33.4 Å². The van der Waals surface area contributed by atoms with Gasteiger partial charge in [-0.15, -0.1) is 12.4 Å². The Hall–Kier alpha value is -1.63. The minimum absolute atomic E-state index is 0. The number of hydrogen-bond acceptors (Lipinski definition) is 6. The first kappa shape index (κ1) is 18.7. The zero-order valence-electron chi connectivity index (χ0n) is 14.6. The van der Waals surface area contributed by atoms with Crippen LogP contribution in [-0.4, -0.2) is 41.7 Å². The number of benzene rings is 1. The van der Waals surface area contributed by atoms with Crippen molar-refractivity contribution in [1.82, 2.24) is 20.4 Å². The predicted molar refractivity (Wildman–Crippen MR) is 94.8 cm³/mol. The SMILES string of the molecule is Cc1cc(C)c(OCc2nc(C3CNCCN3C)no2)c(C)c1.Cl. The van der Waals surface area contributed by atoms with E-state index >= 15 is 0 Å². The Labute approximate surface area is 149 Å². The van der Waals surface area contributed by atoms with Gasteiger partial charge in [-0.05, 0) is 38.9 Å². The molecule has 3 rings (SSSR count). The van der Waals surface area contributed by atoms with Gasteiger partial charge in [-0.25, -0.2) is 0 Å². The summed E-state index contributed by atoms with van der Waals surface area (Å²) in [6.07, 6.45) is 0. The van der Waals surface area contributed by atoms with Gasteiger partial charge in [-0.1, -0.05) is 22.9 Å². The highest BCUT2D eigenvalue weighted by Crippen LogP contribution is 2.25. The molecule has 1 aromatic heterocycles. The Morgan fingerprint density at radius 2 is 2.00 bits per heavy atom. The zero-order valence-corrected chi connectivity index (χ0v) is 15.4. The molecule has 1 N–H and O–H groups in total. The molecule has 132 valence electrons. The average molecular weight is 353 g/mol. The largest absolute Gasteiger partial charge is 0.483 e. The van der Waals surface area contributed by atoms with Gasteiger partial charge in [0.25, 0.3) is 5.89 Å².